The van der Waals surface area contributed by atoms with E-state index in [0.717, 1.165) is 0 Å². The fourth-order valence-corrected chi connectivity index (χ4v) is 4.53. The number of carbonyl (C=O) groups excluding carboxylic acids is 1. The van der Waals surface area contributed by atoms with Crippen LogP contribution < -0.4 is 4.74 Å². The summed E-state index contributed by atoms with van der Waals surface area (Å²) in [6.45, 7) is 3.77. The maximum atomic E-state index is 12.9. The molecule has 2 atom stereocenters. The molecule has 0 aromatic heterocycles. The Bertz CT molecular complexity index is 688. The first-order valence-electron chi connectivity index (χ1n) is 8.59. The highest BCUT2D eigenvalue weighted by atomic mass is 32.2. The normalized spacial score (nSPS) is 25.1. The number of benzene rings is 1. The predicted octanol–water partition coefficient (Wildman–Crippen LogP) is 0.717. The van der Waals surface area contributed by atoms with E-state index in [2.05, 4.69) is 0 Å². The summed E-state index contributed by atoms with van der Waals surface area (Å²) in [5.74, 6) is 0.498. The van der Waals surface area contributed by atoms with Gasteiger partial charge in [0.15, 0.2) is 0 Å². The van der Waals surface area contributed by atoms with Crippen LogP contribution in [0.4, 0.5) is 0 Å². The molecule has 0 radical (unpaired) electrons. The SMILES string of the molecule is CCS(=O)(=O)N1C[C@@H](Oc2ccccc2)C[C@H]1C(=O)N1CCOCC1. The summed E-state index contributed by atoms with van der Waals surface area (Å²) >= 11 is 0. The van der Waals surface area contributed by atoms with Gasteiger partial charge in [0.25, 0.3) is 0 Å². The molecule has 2 heterocycles. The van der Waals surface area contributed by atoms with E-state index in [0.29, 0.717) is 38.5 Å². The zero-order chi connectivity index (χ0) is 17.9. The van der Waals surface area contributed by atoms with Crippen molar-refractivity contribution in [3.63, 3.8) is 0 Å². The van der Waals surface area contributed by atoms with E-state index in [1.54, 1.807) is 11.8 Å². The van der Waals surface area contributed by atoms with Gasteiger partial charge in [-0.15, -0.1) is 0 Å². The smallest absolute Gasteiger partial charge is 0.241 e. The average molecular weight is 368 g/mol. The van der Waals surface area contributed by atoms with Crippen LogP contribution >= 0.6 is 0 Å². The van der Waals surface area contributed by atoms with Crippen LogP contribution in [0.1, 0.15) is 13.3 Å². The van der Waals surface area contributed by atoms with E-state index in [4.69, 9.17) is 9.47 Å². The van der Waals surface area contributed by atoms with E-state index in [9.17, 15) is 13.2 Å². The van der Waals surface area contributed by atoms with E-state index >= 15 is 0 Å². The highest BCUT2D eigenvalue weighted by Gasteiger charge is 2.45. The maximum Gasteiger partial charge on any atom is 0.241 e. The molecule has 2 aliphatic heterocycles. The van der Waals surface area contributed by atoms with Gasteiger partial charge in [0.1, 0.15) is 17.9 Å². The van der Waals surface area contributed by atoms with Gasteiger partial charge in [-0.1, -0.05) is 18.2 Å². The molecule has 0 N–H and O–H groups in total. The molecule has 2 fully saturated rings. The van der Waals surface area contributed by atoms with Crippen LogP contribution in [0, 0.1) is 0 Å². The molecule has 8 heteroatoms. The van der Waals surface area contributed by atoms with E-state index < -0.39 is 16.1 Å². The van der Waals surface area contributed by atoms with Crippen LogP contribution in [0.25, 0.3) is 0 Å². The van der Waals surface area contributed by atoms with Crippen LogP contribution in [-0.4, -0.2) is 74.3 Å². The van der Waals surface area contributed by atoms with Crippen LogP contribution in [0.5, 0.6) is 5.75 Å². The third kappa shape index (κ3) is 4.13. The third-order valence-electron chi connectivity index (χ3n) is 4.59. The molecule has 3 rings (SSSR count). The summed E-state index contributed by atoms with van der Waals surface area (Å²) in [7, 11) is -3.48. The Kier molecular flexibility index (Phi) is 5.61. The Labute approximate surface area is 148 Å². The Morgan fingerprint density at radius 3 is 2.56 bits per heavy atom. The van der Waals surface area contributed by atoms with Crippen LogP contribution in [0.3, 0.4) is 0 Å². The number of carbonyl (C=O) groups is 1. The Hall–Kier alpha value is -1.64. The van der Waals surface area contributed by atoms with Crippen molar-refractivity contribution in [2.75, 3.05) is 38.6 Å². The lowest BCUT2D eigenvalue weighted by molar-refractivity contribution is -0.138. The number of amides is 1. The summed E-state index contributed by atoms with van der Waals surface area (Å²) in [5.41, 5.74) is 0. The lowest BCUT2D eigenvalue weighted by atomic mass is 10.1. The van der Waals surface area contributed by atoms with Crippen molar-refractivity contribution < 1.29 is 22.7 Å². The zero-order valence-corrected chi connectivity index (χ0v) is 15.2. The number of ether oxygens (including phenoxy) is 2. The Morgan fingerprint density at radius 1 is 1.24 bits per heavy atom. The van der Waals surface area contributed by atoms with Gasteiger partial charge in [-0.3, -0.25) is 4.79 Å². The van der Waals surface area contributed by atoms with Crippen molar-refractivity contribution >= 4 is 15.9 Å². The third-order valence-corrected chi connectivity index (χ3v) is 6.44. The minimum absolute atomic E-state index is 0.0298. The molecule has 0 unspecified atom stereocenters. The number of nitrogens with zero attached hydrogens (tertiary/aromatic N) is 2. The second-order valence-electron chi connectivity index (χ2n) is 6.21. The molecular weight excluding hydrogens is 344 g/mol. The van der Waals surface area contributed by atoms with Crippen molar-refractivity contribution in [3.05, 3.63) is 30.3 Å². The van der Waals surface area contributed by atoms with E-state index in [1.807, 2.05) is 30.3 Å². The molecule has 0 aliphatic carbocycles. The Morgan fingerprint density at radius 2 is 1.92 bits per heavy atom. The van der Waals surface area contributed by atoms with Crippen molar-refractivity contribution in [1.29, 1.82) is 0 Å². The van der Waals surface area contributed by atoms with E-state index in [1.165, 1.54) is 4.31 Å². The number of morpholine rings is 1. The molecule has 138 valence electrons. The Balaban J connectivity index is 1.77. The number of para-hydroxylation sites is 1. The number of rotatable bonds is 5. The van der Waals surface area contributed by atoms with Gasteiger partial charge in [0.05, 0.1) is 25.5 Å². The summed E-state index contributed by atoms with van der Waals surface area (Å²) < 4.78 is 37.5. The number of sulfonamides is 1. The van der Waals surface area contributed by atoms with Crippen molar-refractivity contribution in [2.45, 2.75) is 25.5 Å². The van der Waals surface area contributed by atoms with Crippen molar-refractivity contribution in [1.82, 2.24) is 9.21 Å². The van der Waals surface area contributed by atoms with E-state index in [-0.39, 0.29) is 24.3 Å². The summed E-state index contributed by atoms with van der Waals surface area (Å²) in [4.78, 5) is 14.6. The lowest BCUT2D eigenvalue weighted by Crippen LogP contribution is -2.51. The standard InChI is InChI=1S/C17H24N2O5S/c1-2-25(21,22)19-13-15(24-14-6-4-3-5-7-14)12-16(19)17(20)18-8-10-23-11-9-18/h3-7,15-16H,2,8-13H2,1H3/t15-,16-/m0/s1. The molecule has 0 saturated carbocycles. The maximum absolute atomic E-state index is 12.9. The lowest BCUT2D eigenvalue weighted by Gasteiger charge is -2.31. The molecule has 1 amide bonds. The van der Waals surface area contributed by atoms with Gasteiger partial charge in [-0.25, -0.2) is 8.42 Å². The molecule has 2 saturated heterocycles. The highest BCUT2D eigenvalue weighted by molar-refractivity contribution is 7.89. The minimum atomic E-state index is -3.48. The van der Waals surface area contributed by atoms with Gasteiger partial charge in [-0.05, 0) is 19.1 Å². The fourth-order valence-electron chi connectivity index (χ4n) is 3.24. The largest absolute Gasteiger partial charge is 0.489 e. The molecule has 1 aromatic carbocycles. The minimum Gasteiger partial charge on any atom is -0.489 e. The first-order chi connectivity index (χ1) is 12.0. The summed E-state index contributed by atoms with van der Waals surface area (Å²) in [6, 6.07) is 8.57. The molecule has 1 aromatic rings. The molecule has 0 spiro atoms. The molecule has 7 nitrogen and oxygen atoms in total. The summed E-state index contributed by atoms with van der Waals surface area (Å²) in [6.07, 6.45) is 0.0309. The second kappa shape index (κ2) is 7.72. The molecule has 0 bridgehead atoms. The van der Waals surface area contributed by atoms with Gasteiger partial charge in [-0.2, -0.15) is 4.31 Å². The number of hydrogen-bond acceptors (Lipinski definition) is 5. The number of hydrogen-bond donors (Lipinski definition) is 0. The average Bonchev–Trinajstić information content (AvgIpc) is 3.07. The van der Waals surface area contributed by atoms with Crippen LogP contribution in [0.2, 0.25) is 0 Å². The predicted molar refractivity (Wildman–Crippen MR) is 92.8 cm³/mol. The summed E-state index contributed by atoms with van der Waals surface area (Å²) in [5, 5.41) is 0. The zero-order valence-electron chi connectivity index (χ0n) is 14.3. The molecule has 25 heavy (non-hydrogen) atoms. The van der Waals surface area contributed by atoms with Gasteiger partial charge in [0, 0.05) is 19.5 Å². The first kappa shape index (κ1) is 18.2. The second-order valence-corrected chi connectivity index (χ2v) is 8.42. The monoisotopic (exact) mass is 368 g/mol. The topological polar surface area (TPSA) is 76.2 Å². The first-order valence-corrected chi connectivity index (χ1v) is 10.2. The fraction of sp³-hybridized carbons (Fsp3) is 0.588. The van der Waals surface area contributed by atoms with Crippen LogP contribution in [-0.2, 0) is 19.6 Å². The van der Waals surface area contributed by atoms with Gasteiger partial charge in [0.2, 0.25) is 15.9 Å². The quantitative estimate of drug-likeness (QED) is 0.765. The van der Waals surface area contributed by atoms with Crippen molar-refractivity contribution in [3.8, 4) is 5.75 Å². The molecular formula is C17H24N2O5S. The van der Waals surface area contributed by atoms with Crippen molar-refractivity contribution in [2.24, 2.45) is 0 Å². The highest BCUT2D eigenvalue weighted by Crippen LogP contribution is 2.27. The van der Waals surface area contributed by atoms with Gasteiger partial charge >= 0.3 is 0 Å². The molecule has 2 aliphatic rings. The van der Waals surface area contributed by atoms with Crippen LogP contribution in [0.15, 0.2) is 30.3 Å². The van der Waals surface area contributed by atoms with Gasteiger partial charge < -0.3 is 14.4 Å².